The van der Waals surface area contributed by atoms with Gasteiger partial charge in [0.25, 0.3) is 0 Å². The average Bonchev–Trinajstić information content (AvgIpc) is 2.68. The summed E-state index contributed by atoms with van der Waals surface area (Å²) in [7, 11) is 0. The number of halogens is 2. The maximum atomic E-state index is 10.1. The number of benzene rings is 1. The van der Waals surface area contributed by atoms with Crippen LogP contribution in [0.25, 0.3) is 0 Å². The minimum absolute atomic E-state index is 0.510. The molecule has 4 heteroatoms. The van der Waals surface area contributed by atoms with Crippen molar-refractivity contribution in [2.45, 2.75) is 12.5 Å². The molecule has 1 aromatic heterocycles. The molecule has 1 N–H and O–H groups in total. The third-order valence-corrected chi connectivity index (χ3v) is 3.69. The highest BCUT2D eigenvalue weighted by molar-refractivity contribution is 9.10. The zero-order chi connectivity index (χ0) is 11.5. The molecule has 0 aliphatic rings. The van der Waals surface area contributed by atoms with Gasteiger partial charge in [0, 0.05) is 15.9 Å². The fourth-order valence-electron chi connectivity index (χ4n) is 1.52. The summed E-state index contributed by atoms with van der Waals surface area (Å²) >= 11 is 10.9. The Morgan fingerprint density at radius 3 is 2.81 bits per heavy atom. The molecule has 1 nitrogen and oxygen atoms in total. The van der Waals surface area contributed by atoms with Crippen LogP contribution in [0.1, 0.15) is 17.2 Å². The molecule has 2 aromatic rings. The number of hydrogen-bond donors (Lipinski definition) is 1. The molecule has 0 spiro atoms. The van der Waals surface area contributed by atoms with Gasteiger partial charge < -0.3 is 5.11 Å². The Bertz CT molecular complexity index is 450. The van der Waals surface area contributed by atoms with Gasteiger partial charge in [-0.3, -0.25) is 0 Å². The molecule has 0 aliphatic carbocycles. The van der Waals surface area contributed by atoms with E-state index in [-0.39, 0.29) is 0 Å². The van der Waals surface area contributed by atoms with Crippen LogP contribution in [0.4, 0.5) is 0 Å². The molecule has 0 fully saturated rings. The van der Waals surface area contributed by atoms with Gasteiger partial charge in [-0.1, -0.05) is 27.5 Å². The van der Waals surface area contributed by atoms with Crippen LogP contribution in [0.15, 0.2) is 39.5 Å². The van der Waals surface area contributed by atoms with Gasteiger partial charge >= 0.3 is 0 Å². The number of aliphatic hydroxyl groups excluding tert-OH is 1. The van der Waals surface area contributed by atoms with Crippen LogP contribution in [-0.4, -0.2) is 5.11 Å². The highest BCUT2D eigenvalue weighted by Gasteiger charge is 2.10. The van der Waals surface area contributed by atoms with Gasteiger partial charge in [-0.25, -0.2) is 0 Å². The number of aliphatic hydroxyl groups is 1. The normalized spacial score (nSPS) is 12.7. The lowest BCUT2D eigenvalue weighted by Crippen LogP contribution is -2.00. The number of hydrogen-bond acceptors (Lipinski definition) is 2. The second-order valence-electron chi connectivity index (χ2n) is 3.55. The maximum Gasteiger partial charge on any atom is 0.0831 e. The van der Waals surface area contributed by atoms with Crippen LogP contribution >= 0.6 is 38.9 Å². The van der Waals surface area contributed by atoms with Crippen molar-refractivity contribution in [2.75, 3.05) is 0 Å². The summed E-state index contributed by atoms with van der Waals surface area (Å²) in [5.74, 6) is 0. The molecule has 0 saturated heterocycles. The van der Waals surface area contributed by atoms with Crippen molar-refractivity contribution in [1.29, 1.82) is 0 Å². The van der Waals surface area contributed by atoms with Gasteiger partial charge in [0.1, 0.15) is 0 Å². The zero-order valence-corrected chi connectivity index (χ0v) is 11.5. The quantitative estimate of drug-likeness (QED) is 0.887. The predicted octanol–water partition coefficient (Wildman–Crippen LogP) is 4.44. The minimum Gasteiger partial charge on any atom is -0.388 e. The second kappa shape index (κ2) is 5.32. The topological polar surface area (TPSA) is 20.2 Å². The molecule has 16 heavy (non-hydrogen) atoms. The van der Waals surface area contributed by atoms with E-state index >= 15 is 0 Å². The lowest BCUT2D eigenvalue weighted by Gasteiger charge is -2.11. The molecular formula is C12H10BrClOS. The molecule has 0 amide bonds. The van der Waals surface area contributed by atoms with E-state index in [1.807, 2.05) is 29.0 Å². The Morgan fingerprint density at radius 1 is 1.38 bits per heavy atom. The zero-order valence-electron chi connectivity index (χ0n) is 8.36. The van der Waals surface area contributed by atoms with Crippen LogP contribution < -0.4 is 0 Å². The van der Waals surface area contributed by atoms with Gasteiger partial charge in [-0.05, 0) is 46.2 Å². The number of rotatable bonds is 3. The maximum absolute atomic E-state index is 10.1. The van der Waals surface area contributed by atoms with Crippen molar-refractivity contribution in [1.82, 2.24) is 0 Å². The van der Waals surface area contributed by atoms with Crippen LogP contribution in [0.5, 0.6) is 0 Å². The molecule has 0 radical (unpaired) electrons. The van der Waals surface area contributed by atoms with Crippen LogP contribution in [-0.2, 0) is 6.42 Å². The van der Waals surface area contributed by atoms with Gasteiger partial charge in [-0.2, -0.15) is 11.3 Å². The molecule has 0 bridgehead atoms. The summed E-state index contributed by atoms with van der Waals surface area (Å²) in [6.45, 7) is 0. The highest BCUT2D eigenvalue weighted by atomic mass is 79.9. The Balaban J connectivity index is 2.17. The van der Waals surface area contributed by atoms with Crippen LogP contribution in [0.2, 0.25) is 5.02 Å². The Hall–Kier alpha value is -0.350. The summed E-state index contributed by atoms with van der Waals surface area (Å²) in [5, 5.41) is 14.8. The molecule has 2 rings (SSSR count). The molecule has 1 heterocycles. The molecule has 0 aliphatic heterocycles. The van der Waals surface area contributed by atoms with Crippen molar-refractivity contribution < 1.29 is 5.11 Å². The van der Waals surface area contributed by atoms with Crippen molar-refractivity contribution in [3.63, 3.8) is 0 Å². The third-order valence-electron chi connectivity index (χ3n) is 2.28. The lowest BCUT2D eigenvalue weighted by atomic mass is 10.0. The smallest absolute Gasteiger partial charge is 0.0831 e. The van der Waals surface area contributed by atoms with E-state index in [2.05, 4.69) is 15.9 Å². The predicted molar refractivity (Wildman–Crippen MR) is 72.1 cm³/mol. The SMILES string of the molecule is OC(Cc1ccsc1)c1cc(Cl)cc(Br)c1. The average molecular weight is 318 g/mol. The summed E-state index contributed by atoms with van der Waals surface area (Å²) < 4.78 is 0.888. The van der Waals surface area contributed by atoms with Gasteiger partial charge in [0.15, 0.2) is 0 Å². The Kier molecular flexibility index (Phi) is 4.03. The third kappa shape index (κ3) is 3.08. The van der Waals surface area contributed by atoms with E-state index in [0.717, 1.165) is 15.6 Å². The van der Waals surface area contributed by atoms with Gasteiger partial charge in [-0.15, -0.1) is 0 Å². The largest absolute Gasteiger partial charge is 0.388 e. The molecular weight excluding hydrogens is 308 g/mol. The van der Waals surface area contributed by atoms with Gasteiger partial charge in [0.2, 0.25) is 0 Å². The molecule has 0 saturated carbocycles. The van der Waals surface area contributed by atoms with Crippen molar-refractivity contribution in [2.24, 2.45) is 0 Å². The van der Waals surface area contributed by atoms with Crippen LogP contribution in [0, 0.1) is 0 Å². The highest BCUT2D eigenvalue weighted by Crippen LogP contribution is 2.26. The molecule has 1 unspecified atom stereocenters. The van der Waals surface area contributed by atoms with Crippen molar-refractivity contribution >= 4 is 38.9 Å². The van der Waals surface area contributed by atoms with Crippen molar-refractivity contribution in [3.05, 3.63) is 55.6 Å². The van der Waals surface area contributed by atoms with Gasteiger partial charge in [0.05, 0.1) is 6.10 Å². The Morgan fingerprint density at radius 2 is 2.19 bits per heavy atom. The summed E-state index contributed by atoms with van der Waals surface area (Å²) in [5.41, 5.74) is 1.99. The van der Waals surface area contributed by atoms with E-state index in [0.29, 0.717) is 11.4 Å². The van der Waals surface area contributed by atoms with E-state index < -0.39 is 6.10 Å². The van der Waals surface area contributed by atoms with E-state index in [9.17, 15) is 5.11 Å². The first-order valence-electron chi connectivity index (χ1n) is 4.80. The minimum atomic E-state index is -0.510. The van der Waals surface area contributed by atoms with Crippen molar-refractivity contribution in [3.8, 4) is 0 Å². The summed E-state index contributed by atoms with van der Waals surface area (Å²) in [6.07, 6.45) is 0.112. The standard InChI is InChI=1S/C12H10BrClOS/c13-10-4-9(5-11(14)6-10)12(15)3-8-1-2-16-7-8/h1-2,4-7,12,15H,3H2. The summed E-state index contributed by atoms with van der Waals surface area (Å²) in [6, 6.07) is 7.52. The summed E-state index contributed by atoms with van der Waals surface area (Å²) in [4.78, 5) is 0. The van der Waals surface area contributed by atoms with Crippen LogP contribution in [0.3, 0.4) is 0 Å². The second-order valence-corrected chi connectivity index (χ2v) is 5.69. The van der Waals surface area contributed by atoms with E-state index in [1.165, 1.54) is 0 Å². The molecule has 1 aromatic carbocycles. The monoisotopic (exact) mass is 316 g/mol. The van der Waals surface area contributed by atoms with E-state index in [1.54, 1.807) is 17.4 Å². The first kappa shape index (κ1) is 12.1. The first-order valence-corrected chi connectivity index (χ1v) is 6.91. The molecule has 1 atom stereocenters. The fraction of sp³-hybridized carbons (Fsp3) is 0.167. The number of thiophene rings is 1. The first-order chi connectivity index (χ1) is 7.65. The fourth-order valence-corrected chi connectivity index (χ4v) is 3.09. The lowest BCUT2D eigenvalue weighted by molar-refractivity contribution is 0.178. The Labute approximate surface area is 112 Å². The molecule has 84 valence electrons. The van der Waals surface area contributed by atoms with E-state index in [4.69, 9.17) is 11.6 Å².